The van der Waals surface area contributed by atoms with Crippen LogP contribution in [0.4, 0.5) is 0 Å². The lowest BCUT2D eigenvalue weighted by atomic mass is 10.0. The van der Waals surface area contributed by atoms with E-state index in [1.54, 1.807) is 0 Å². The Bertz CT molecular complexity index is 276. The highest BCUT2D eigenvalue weighted by molar-refractivity contribution is 14.1. The van der Waals surface area contributed by atoms with Gasteiger partial charge in [-0.3, -0.25) is 2.78 Å². The molecule has 1 aromatic heterocycles. The zero-order valence-electron chi connectivity index (χ0n) is 8.71. The van der Waals surface area contributed by atoms with Crippen LogP contribution in [0.15, 0.2) is 6.33 Å². The van der Waals surface area contributed by atoms with Crippen LogP contribution in [0, 0.1) is 5.92 Å². The van der Waals surface area contributed by atoms with Gasteiger partial charge < -0.3 is 0 Å². The third-order valence-corrected chi connectivity index (χ3v) is 2.83. The van der Waals surface area contributed by atoms with E-state index in [2.05, 4.69) is 58.3 Å². The zero-order chi connectivity index (χ0) is 10.0. The fourth-order valence-electron chi connectivity index (χ4n) is 1.43. The molecule has 0 aliphatic heterocycles. The molecule has 0 radical (unpaired) electrons. The van der Waals surface area contributed by atoms with E-state index >= 15 is 0 Å². The summed E-state index contributed by atoms with van der Waals surface area (Å²) in [6, 6.07) is 0. The molecule has 13 heavy (non-hydrogen) atoms. The number of halogens is 1. The van der Waals surface area contributed by atoms with Gasteiger partial charge in [0.1, 0.15) is 6.33 Å². The number of imidazole rings is 1. The van der Waals surface area contributed by atoms with Crippen LogP contribution < -0.4 is 0 Å². The second-order valence-electron chi connectivity index (χ2n) is 4.14. The highest BCUT2D eigenvalue weighted by Gasteiger charge is 2.13. The molecule has 0 amide bonds. The summed E-state index contributed by atoms with van der Waals surface area (Å²) >= 11 is 2.30. The molecule has 2 nitrogen and oxygen atoms in total. The van der Waals surface area contributed by atoms with Crippen molar-refractivity contribution in [2.75, 3.05) is 0 Å². The van der Waals surface area contributed by atoms with Gasteiger partial charge in [0.15, 0.2) is 0 Å². The molecule has 0 unspecified atom stereocenters. The van der Waals surface area contributed by atoms with Gasteiger partial charge in [-0.05, 0) is 18.3 Å². The third-order valence-electron chi connectivity index (χ3n) is 2.00. The van der Waals surface area contributed by atoms with E-state index in [9.17, 15) is 0 Å². The monoisotopic (exact) mass is 292 g/mol. The van der Waals surface area contributed by atoms with Gasteiger partial charge in [-0.2, -0.15) is 0 Å². The van der Waals surface area contributed by atoms with Crippen molar-refractivity contribution in [3.8, 4) is 0 Å². The Morgan fingerprint density at radius 3 is 2.46 bits per heavy atom. The van der Waals surface area contributed by atoms with Gasteiger partial charge in [-0.25, -0.2) is 4.98 Å². The fourth-order valence-corrected chi connectivity index (χ4v) is 2.00. The molecule has 0 saturated heterocycles. The van der Waals surface area contributed by atoms with Gasteiger partial charge in [0.2, 0.25) is 0 Å². The van der Waals surface area contributed by atoms with Crippen molar-refractivity contribution in [1.82, 2.24) is 7.76 Å². The van der Waals surface area contributed by atoms with Crippen LogP contribution in [-0.2, 0) is 6.42 Å². The lowest BCUT2D eigenvalue weighted by molar-refractivity contribution is 0.626. The van der Waals surface area contributed by atoms with Crippen LogP contribution in [-0.4, -0.2) is 7.76 Å². The van der Waals surface area contributed by atoms with Gasteiger partial charge in [0.05, 0.1) is 34.3 Å². The molecule has 0 aromatic carbocycles. The highest BCUT2D eigenvalue weighted by atomic mass is 127. The molecule has 0 spiro atoms. The van der Waals surface area contributed by atoms with Crippen molar-refractivity contribution in [3.63, 3.8) is 0 Å². The quantitative estimate of drug-likeness (QED) is 0.781. The van der Waals surface area contributed by atoms with E-state index in [-0.39, 0.29) is 0 Å². The van der Waals surface area contributed by atoms with Crippen LogP contribution in [0.1, 0.15) is 45.0 Å². The van der Waals surface area contributed by atoms with Crippen molar-refractivity contribution in [2.45, 2.75) is 40.0 Å². The van der Waals surface area contributed by atoms with E-state index in [0.717, 1.165) is 6.42 Å². The molecule has 74 valence electrons. The summed E-state index contributed by atoms with van der Waals surface area (Å²) in [6.45, 7) is 8.88. The lowest BCUT2D eigenvalue weighted by Crippen LogP contribution is -2.02. The zero-order valence-corrected chi connectivity index (χ0v) is 10.9. The first-order chi connectivity index (χ1) is 6.02. The maximum absolute atomic E-state index is 4.42. The molecular formula is C10H17IN2. The smallest absolute Gasteiger partial charge is 0.104 e. The predicted octanol–water partition coefficient (Wildman–Crippen LogP) is 3.40. The largest absolute Gasteiger partial charge is 0.275 e. The summed E-state index contributed by atoms with van der Waals surface area (Å²) in [4.78, 5) is 4.42. The Kier molecular flexibility index (Phi) is 3.76. The van der Waals surface area contributed by atoms with Crippen LogP contribution in [0.5, 0.6) is 0 Å². The minimum absolute atomic E-state index is 0.532. The van der Waals surface area contributed by atoms with Crippen molar-refractivity contribution in [2.24, 2.45) is 5.92 Å². The van der Waals surface area contributed by atoms with E-state index in [1.165, 1.54) is 11.4 Å². The number of hydrogen-bond acceptors (Lipinski definition) is 1. The minimum Gasteiger partial charge on any atom is -0.275 e. The first-order valence-electron chi connectivity index (χ1n) is 4.74. The fraction of sp³-hybridized carbons (Fsp3) is 0.700. The molecule has 1 heterocycles. The van der Waals surface area contributed by atoms with Crippen LogP contribution in [0.25, 0.3) is 0 Å². The van der Waals surface area contributed by atoms with Crippen molar-refractivity contribution in [3.05, 3.63) is 17.7 Å². The van der Waals surface area contributed by atoms with Gasteiger partial charge in [-0.15, -0.1) is 0 Å². The maximum Gasteiger partial charge on any atom is 0.104 e. The highest BCUT2D eigenvalue weighted by Crippen LogP contribution is 2.22. The van der Waals surface area contributed by atoms with Crippen molar-refractivity contribution in [1.29, 1.82) is 0 Å². The average Bonchev–Trinajstić information content (AvgIpc) is 2.32. The molecule has 1 aromatic rings. The van der Waals surface area contributed by atoms with Gasteiger partial charge in [-0.1, -0.05) is 27.7 Å². The number of aromatic nitrogens is 2. The molecule has 0 atom stereocenters. The standard InChI is InChI=1S/C10H17IN2/c1-7(2)5-9-10(8(3)4)12-6-13(9)11/h6-8H,5H2,1-4H3. The summed E-state index contributed by atoms with van der Waals surface area (Å²) in [5.41, 5.74) is 2.63. The van der Waals surface area contributed by atoms with Crippen molar-refractivity contribution < 1.29 is 0 Å². The van der Waals surface area contributed by atoms with E-state index in [0.29, 0.717) is 11.8 Å². The van der Waals surface area contributed by atoms with Gasteiger partial charge in [0, 0.05) is 0 Å². The Hall–Kier alpha value is -0.0600. The summed E-state index contributed by atoms with van der Waals surface area (Å²) in [5, 5.41) is 0. The predicted molar refractivity (Wildman–Crippen MR) is 64.3 cm³/mol. The summed E-state index contributed by atoms with van der Waals surface area (Å²) in [5.74, 6) is 1.23. The van der Waals surface area contributed by atoms with Gasteiger partial charge >= 0.3 is 0 Å². The summed E-state index contributed by atoms with van der Waals surface area (Å²) in [7, 11) is 0. The Labute approximate surface area is 94.2 Å². The number of rotatable bonds is 3. The molecule has 0 N–H and O–H groups in total. The Morgan fingerprint density at radius 1 is 1.38 bits per heavy atom. The topological polar surface area (TPSA) is 17.8 Å². The number of nitrogens with zero attached hydrogens (tertiary/aromatic N) is 2. The second-order valence-corrected chi connectivity index (χ2v) is 5.18. The van der Waals surface area contributed by atoms with Crippen molar-refractivity contribution >= 4 is 22.9 Å². The van der Waals surface area contributed by atoms with E-state index in [1.807, 2.05) is 6.33 Å². The summed E-state index contributed by atoms with van der Waals surface area (Å²) < 4.78 is 2.12. The maximum atomic E-state index is 4.42. The molecule has 1 rings (SSSR count). The first-order valence-corrected chi connectivity index (χ1v) is 5.71. The van der Waals surface area contributed by atoms with Gasteiger partial charge in [0.25, 0.3) is 0 Å². The third kappa shape index (κ3) is 2.69. The average molecular weight is 292 g/mol. The van der Waals surface area contributed by atoms with E-state index < -0.39 is 0 Å². The lowest BCUT2D eigenvalue weighted by Gasteiger charge is -2.09. The molecule has 0 bridgehead atoms. The summed E-state index contributed by atoms with van der Waals surface area (Å²) in [6.07, 6.45) is 3.03. The second kappa shape index (κ2) is 4.44. The van der Waals surface area contributed by atoms with Crippen LogP contribution in [0.2, 0.25) is 0 Å². The van der Waals surface area contributed by atoms with Crippen LogP contribution >= 0.6 is 22.9 Å². The normalized spacial score (nSPS) is 11.6. The van der Waals surface area contributed by atoms with Crippen LogP contribution in [0.3, 0.4) is 0 Å². The molecule has 3 heteroatoms. The molecule has 0 saturated carbocycles. The van der Waals surface area contributed by atoms with E-state index in [4.69, 9.17) is 0 Å². The SMILES string of the molecule is CC(C)Cc1c(C(C)C)ncn1I. The Morgan fingerprint density at radius 2 is 2.00 bits per heavy atom. The molecule has 0 aliphatic carbocycles. The minimum atomic E-state index is 0.532. The molecule has 0 fully saturated rings. The Balaban J connectivity index is 2.94. The molecular weight excluding hydrogens is 275 g/mol. The first kappa shape index (κ1) is 11.0. The number of hydrogen-bond donors (Lipinski definition) is 0. The molecule has 0 aliphatic rings.